The van der Waals surface area contributed by atoms with Gasteiger partial charge >= 0.3 is 0 Å². The van der Waals surface area contributed by atoms with Crippen LogP contribution in [-0.2, 0) is 4.79 Å². The van der Waals surface area contributed by atoms with Gasteiger partial charge in [-0.15, -0.1) is 0 Å². The van der Waals surface area contributed by atoms with E-state index in [4.69, 9.17) is 0 Å². The number of pyridine rings is 1. The highest BCUT2D eigenvalue weighted by Gasteiger charge is 2.19. The zero-order valence-electron chi connectivity index (χ0n) is 12.0. The van der Waals surface area contributed by atoms with Gasteiger partial charge in [0.15, 0.2) is 0 Å². The van der Waals surface area contributed by atoms with Crippen molar-refractivity contribution in [2.45, 2.75) is 0 Å². The molecule has 0 bridgehead atoms. The average Bonchev–Trinajstić information content (AvgIpc) is 2.49. The minimum absolute atomic E-state index is 0.103. The molecule has 110 valence electrons. The van der Waals surface area contributed by atoms with Gasteiger partial charge in [0.1, 0.15) is 5.82 Å². The zero-order valence-corrected chi connectivity index (χ0v) is 12.0. The lowest BCUT2D eigenvalue weighted by atomic mass is 10.3. The van der Waals surface area contributed by atoms with E-state index in [1.807, 2.05) is 31.4 Å². The predicted molar refractivity (Wildman–Crippen MR) is 79.8 cm³/mol. The molecule has 1 aliphatic rings. The van der Waals surface area contributed by atoms with Gasteiger partial charge in [0.25, 0.3) is 0 Å². The van der Waals surface area contributed by atoms with E-state index in [0.29, 0.717) is 13.1 Å². The van der Waals surface area contributed by atoms with E-state index in [9.17, 15) is 4.79 Å². The Labute approximate surface area is 120 Å². The summed E-state index contributed by atoms with van der Waals surface area (Å²) >= 11 is 0. The van der Waals surface area contributed by atoms with Crippen molar-refractivity contribution in [1.82, 2.24) is 20.5 Å². The number of anilines is 1. The van der Waals surface area contributed by atoms with Crippen LogP contribution in [0.4, 0.5) is 5.82 Å². The van der Waals surface area contributed by atoms with E-state index in [1.165, 1.54) is 0 Å². The Morgan fingerprint density at radius 2 is 2.05 bits per heavy atom. The third kappa shape index (κ3) is 4.47. The number of carbonyl (C=O) groups is 1. The fourth-order valence-electron chi connectivity index (χ4n) is 2.26. The van der Waals surface area contributed by atoms with Gasteiger partial charge in [-0.2, -0.15) is 0 Å². The van der Waals surface area contributed by atoms with Crippen LogP contribution in [0.1, 0.15) is 0 Å². The molecule has 2 rings (SSSR count). The van der Waals surface area contributed by atoms with Crippen LogP contribution < -0.4 is 15.5 Å². The highest BCUT2D eigenvalue weighted by molar-refractivity contribution is 5.78. The second kappa shape index (κ2) is 7.81. The first-order valence-electron chi connectivity index (χ1n) is 7.09. The number of hydrogen-bond acceptors (Lipinski definition) is 5. The predicted octanol–water partition coefficient (Wildman–Crippen LogP) is -0.461. The number of piperazine rings is 1. The quantitative estimate of drug-likeness (QED) is 0.689. The molecule has 1 amide bonds. The number of hydrogen-bond donors (Lipinski definition) is 2. The maximum atomic E-state index is 11.7. The minimum atomic E-state index is 0.103. The summed E-state index contributed by atoms with van der Waals surface area (Å²) in [4.78, 5) is 20.5. The Morgan fingerprint density at radius 1 is 1.25 bits per heavy atom. The molecule has 1 fully saturated rings. The number of amides is 1. The van der Waals surface area contributed by atoms with Crippen molar-refractivity contribution >= 4 is 11.7 Å². The third-order valence-electron chi connectivity index (χ3n) is 3.41. The third-order valence-corrected chi connectivity index (χ3v) is 3.41. The smallest absolute Gasteiger partial charge is 0.234 e. The highest BCUT2D eigenvalue weighted by Crippen LogP contribution is 2.11. The van der Waals surface area contributed by atoms with E-state index in [0.717, 1.165) is 38.5 Å². The maximum Gasteiger partial charge on any atom is 0.234 e. The van der Waals surface area contributed by atoms with Gasteiger partial charge in [-0.1, -0.05) is 6.07 Å². The average molecular weight is 277 g/mol. The molecule has 0 spiro atoms. The lowest BCUT2D eigenvalue weighted by Crippen LogP contribution is -2.50. The molecule has 0 unspecified atom stereocenters. The first-order valence-corrected chi connectivity index (χ1v) is 7.09. The molecule has 0 aromatic carbocycles. The Morgan fingerprint density at radius 3 is 2.70 bits per heavy atom. The number of nitrogens with zero attached hydrogens (tertiary/aromatic N) is 3. The van der Waals surface area contributed by atoms with Crippen molar-refractivity contribution in [3.05, 3.63) is 24.4 Å². The standard InChI is InChI=1S/C14H23N5O/c1-15-6-7-17-14(20)12-18-8-10-19(11-9-18)13-4-2-3-5-16-13/h2-5,15H,6-12H2,1H3,(H,17,20). The van der Waals surface area contributed by atoms with E-state index >= 15 is 0 Å². The number of carbonyl (C=O) groups excluding carboxylic acids is 1. The van der Waals surface area contributed by atoms with Crippen LogP contribution >= 0.6 is 0 Å². The van der Waals surface area contributed by atoms with Gasteiger partial charge < -0.3 is 15.5 Å². The Kier molecular flexibility index (Phi) is 5.76. The number of likely N-dealkylation sites (N-methyl/N-ethyl adjacent to an activating group) is 1. The van der Waals surface area contributed by atoms with Gasteiger partial charge in [0.05, 0.1) is 6.54 Å². The molecular weight excluding hydrogens is 254 g/mol. The van der Waals surface area contributed by atoms with Crippen molar-refractivity contribution in [2.24, 2.45) is 0 Å². The monoisotopic (exact) mass is 277 g/mol. The summed E-state index contributed by atoms with van der Waals surface area (Å²) in [5.41, 5.74) is 0. The number of rotatable bonds is 6. The van der Waals surface area contributed by atoms with Crippen LogP contribution in [-0.4, -0.2) is 68.7 Å². The molecule has 6 nitrogen and oxygen atoms in total. The van der Waals surface area contributed by atoms with Crippen LogP contribution in [0.2, 0.25) is 0 Å². The van der Waals surface area contributed by atoms with Crippen LogP contribution in [0.25, 0.3) is 0 Å². The molecule has 1 aliphatic heterocycles. The zero-order chi connectivity index (χ0) is 14.2. The van der Waals surface area contributed by atoms with Crippen molar-refractivity contribution < 1.29 is 4.79 Å². The van der Waals surface area contributed by atoms with Crippen LogP contribution in [0, 0.1) is 0 Å². The molecule has 1 aromatic heterocycles. The van der Waals surface area contributed by atoms with Crippen molar-refractivity contribution in [3.8, 4) is 0 Å². The summed E-state index contributed by atoms with van der Waals surface area (Å²) in [5, 5.41) is 5.91. The summed E-state index contributed by atoms with van der Waals surface area (Å²) < 4.78 is 0. The lowest BCUT2D eigenvalue weighted by Gasteiger charge is -2.34. The Bertz CT molecular complexity index is 403. The first-order chi connectivity index (χ1) is 9.79. The molecule has 2 N–H and O–H groups in total. The first kappa shape index (κ1) is 14.7. The largest absolute Gasteiger partial charge is 0.354 e. The molecule has 0 aliphatic carbocycles. The molecule has 0 saturated carbocycles. The molecular formula is C14H23N5O. The Balaban J connectivity index is 1.70. The summed E-state index contributed by atoms with van der Waals surface area (Å²) in [6, 6.07) is 5.96. The molecule has 2 heterocycles. The molecule has 20 heavy (non-hydrogen) atoms. The van der Waals surface area contributed by atoms with Crippen LogP contribution in [0.3, 0.4) is 0 Å². The topological polar surface area (TPSA) is 60.5 Å². The van der Waals surface area contributed by atoms with Gasteiger partial charge in [0.2, 0.25) is 5.91 Å². The summed E-state index contributed by atoms with van der Waals surface area (Å²) in [6.07, 6.45) is 1.82. The van der Waals surface area contributed by atoms with Crippen molar-refractivity contribution in [3.63, 3.8) is 0 Å². The number of nitrogens with one attached hydrogen (secondary N) is 2. The van der Waals surface area contributed by atoms with Crippen molar-refractivity contribution in [1.29, 1.82) is 0 Å². The lowest BCUT2D eigenvalue weighted by molar-refractivity contribution is -0.122. The van der Waals surface area contributed by atoms with Gasteiger partial charge in [-0.3, -0.25) is 9.69 Å². The fourth-order valence-corrected chi connectivity index (χ4v) is 2.26. The summed E-state index contributed by atoms with van der Waals surface area (Å²) in [5.74, 6) is 1.12. The minimum Gasteiger partial charge on any atom is -0.354 e. The second-order valence-corrected chi connectivity index (χ2v) is 4.90. The SMILES string of the molecule is CNCCNC(=O)CN1CCN(c2ccccn2)CC1. The van der Waals surface area contributed by atoms with E-state index in [-0.39, 0.29) is 5.91 Å². The van der Waals surface area contributed by atoms with Gasteiger partial charge in [0, 0.05) is 45.5 Å². The van der Waals surface area contributed by atoms with E-state index in [2.05, 4.69) is 25.4 Å². The Hall–Kier alpha value is -1.66. The fraction of sp³-hybridized carbons (Fsp3) is 0.571. The molecule has 1 aromatic rings. The molecule has 1 saturated heterocycles. The second-order valence-electron chi connectivity index (χ2n) is 4.90. The summed E-state index contributed by atoms with van der Waals surface area (Å²) in [6.45, 7) is 5.61. The van der Waals surface area contributed by atoms with E-state index < -0.39 is 0 Å². The van der Waals surface area contributed by atoms with Gasteiger partial charge in [-0.25, -0.2) is 4.98 Å². The summed E-state index contributed by atoms with van der Waals surface area (Å²) in [7, 11) is 1.88. The van der Waals surface area contributed by atoms with E-state index in [1.54, 1.807) is 0 Å². The normalized spacial score (nSPS) is 16.1. The highest BCUT2D eigenvalue weighted by atomic mass is 16.2. The molecule has 0 atom stereocenters. The van der Waals surface area contributed by atoms with Gasteiger partial charge in [-0.05, 0) is 19.2 Å². The number of aromatic nitrogens is 1. The van der Waals surface area contributed by atoms with Crippen LogP contribution in [0.5, 0.6) is 0 Å². The van der Waals surface area contributed by atoms with Crippen molar-refractivity contribution in [2.75, 3.05) is 57.8 Å². The molecule has 6 heteroatoms. The molecule has 0 radical (unpaired) electrons. The maximum absolute atomic E-state index is 11.7. The van der Waals surface area contributed by atoms with Crippen LogP contribution in [0.15, 0.2) is 24.4 Å².